The van der Waals surface area contributed by atoms with Gasteiger partial charge in [0.2, 0.25) is 11.8 Å². The Balaban J connectivity index is 0. The van der Waals surface area contributed by atoms with E-state index in [1.54, 1.807) is 6.92 Å². The van der Waals surface area contributed by atoms with Crippen molar-refractivity contribution in [3.63, 3.8) is 0 Å². The molecule has 1 aliphatic heterocycles. The Bertz CT molecular complexity index is 475. The van der Waals surface area contributed by atoms with Crippen molar-refractivity contribution < 1.29 is 34.5 Å². The zero-order valence-electron chi connectivity index (χ0n) is 21.2. The van der Waals surface area contributed by atoms with Gasteiger partial charge in [0, 0.05) is 52.4 Å². The topological polar surface area (TPSA) is 143 Å². The van der Waals surface area contributed by atoms with Crippen LogP contribution in [-0.2, 0) is 29.1 Å². The molecule has 33 heavy (non-hydrogen) atoms. The van der Waals surface area contributed by atoms with E-state index in [-0.39, 0.29) is 36.8 Å². The summed E-state index contributed by atoms with van der Waals surface area (Å²) < 4.78 is 0. The third-order valence-electron chi connectivity index (χ3n) is 5.82. The van der Waals surface area contributed by atoms with E-state index in [9.17, 15) is 9.59 Å². The number of nitrogens with two attached hydrogens (primary N) is 1. The fraction of sp³-hybridized carbons (Fsp3) is 0.913. The molecule has 9 nitrogen and oxygen atoms in total. The average Bonchev–Trinajstić information content (AvgIpc) is 2.75. The number of hydrogen-bond acceptors (Lipinski definition) is 6. The Labute approximate surface area is 214 Å². The number of unbranched alkanes of at least 4 members (excludes halogenated alkanes) is 7. The van der Waals surface area contributed by atoms with Gasteiger partial charge in [-0.3, -0.25) is 9.59 Å². The summed E-state index contributed by atoms with van der Waals surface area (Å²) in [4.78, 5) is 27.2. The molecule has 190 valence electrons. The molecule has 1 heterocycles. The molecular weight excluding hydrogens is 474 g/mol. The number of nitrogens with one attached hydrogen (secondary N) is 4. The molecule has 1 fully saturated rings. The smallest absolute Gasteiger partial charge is 0.412 e. The maximum atomic E-state index is 12.9. The molecule has 2 amide bonds. The Morgan fingerprint density at radius 3 is 1.82 bits per heavy atom. The van der Waals surface area contributed by atoms with Gasteiger partial charge in [-0.2, -0.15) is 0 Å². The molecule has 0 aromatic rings. The van der Waals surface area contributed by atoms with Crippen LogP contribution in [0.2, 0.25) is 0 Å². The van der Waals surface area contributed by atoms with Crippen molar-refractivity contribution in [1.82, 2.24) is 26.2 Å². The van der Waals surface area contributed by atoms with E-state index in [2.05, 4.69) is 28.2 Å². The van der Waals surface area contributed by atoms with E-state index in [0.717, 1.165) is 52.1 Å². The van der Waals surface area contributed by atoms with Crippen LogP contribution in [0.4, 0.5) is 0 Å². The first kappa shape index (κ1) is 34.5. The van der Waals surface area contributed by atoms with E-state index < -0.39 is 12.1 Å². The molecule has 0 aliphatic carbocycles. The summed E-state index contributed by atoms with van der Waals surface area (Å²) in [5.41, 5.74) is 6.08. The van der Waals surface area contributed by atoms with E-state index >= 15 is 0 Å². The molecule has 0 spiro atoms. The predicted octanol–water partition coefficient (Wildman–Crippen LogP) is 0.133. The van der Waals surface area contributed by atoms with Crippen LogP contribution in [0.15, 0.2) is 0 Å². The minimum atomic E-state index is -0.563. The molecule has 0 unspecified atom stereocenters. The quantitative estimate of drug-likeness (QED) is 0.182. The summed E-state index contributed by atoms with van der Waals surface area (Å²) in [5, 5.41) is 12.9. The molecule has 0 aromatic carbocycles. The zero-order chi connectivity index (χ0) is 22.7. The molecule has 1 rings (SSSR count). The van der Waals surface area contributed by atoms with Crippen LogP contribution in [0, 0.1) is 0 Å². The fourth-order valence-corrected chi connectivity index (χ4v) is 3.77. The van der Waals surface area contributed by atoms with Crippen LogP contribution >= 0.6 is 0 Å². The number of nitrogens with zero attached hydrogens (tertiary/aromatic N) is 1. The number of carbonyl (C=O) groups is 2. The first-order valence-electron chi connectivity index (χ1n) is 12.5. The molecule has 8 N–H and O–H groups in total. The van der Waals surface area contributed by atoms with Gasteiger partial charge >= 0.3 is 19.5 Å². The van der Waals surface area contributed by atoms with E-state index in [1.807, 2.05) is 4.90 Å². The molecule has 0 bridgehead atoms. The van der Waals surface area contributed by atoms with Gasteiger partial charge in [0.25, 0.3) is 0 Å². The van der Waals surface area contributed by atoms with Gasteiger partial charge in [0.1, 0.15) is 6.04 Å². The van der Waals surface area contributed by atoms with Crippen molar-refractivity contribution in [3.05, 3.63) is 0 Å². The fourth-order valence-electron chi connectivity index (χ4n) is 3.77. The summed E-state index contributed by atoms with van der Waals surface area (Å²) in [7, 11) is 0. The first-order valence-corrected chi connectivity index (χ1v) is 12.5. The summed E-state index contributed by atoms with van der Waals surface area (Å²) in [6.07, 6.45) is 10.4. The largest absolute Gasteiger partial charge is 2.00 e. The van der Waals surface area contributed by atoms with E-state index in [1.165, 1.54) is 38.5 Å². The van der Waals surface area contributed by atoms with E-state index in [4.69, 9.17) is 5.73 Å². The second kappa shape index (κ2) is 23.1. The van der Waals surface area contributed by atoms with Crippen molar-refractivity contribution in [2.75, 3.05) is 52.4 Å². The van der Waals surface area contributed by atoms with Crippen molar-refractivity contribution in [2.24, 2.45) is 5.73 Å². The number of rotatable bonds is 12. The monoisotopic (exact) mass is 522 g/mol. The second-order valence-electron chi connectivity index (χ2n) is 8.68. The van der Waals surface area contributed by atoms with Gasteiger partial charge in [-0.25, -0.2) is 0 Å². The minimum absolute atomic E-state index is 0. The average molecular weight is 524 g/mol. The van der Waals surface area contributed by atoms with Gasteiger partial charge in [0.15, 0.2) is 0 Å². The summed E-state index contributed by atoms with van der Waals surface area (Å²) >= 11 is 0. The van der Waals surface area contributed by atoms with Gasteiger partial charge in [-0.05, 0) is 13.3 Å². The Morgan fingerprint density at radius 2 is 1.30 bits per heavy atom. The molecule has 1 saturated heterocycles. The van der Waals surface area contributed by atoms with Crippen LogP contribution in [-0.4, -0.2) is 86.6 Å². The van der Waals surface area contributed by atoms with Gasteiger partial charge in [-0.1, -0.05) is 58.3 Å². The third-order valence-corrected chi connectivity index (χ3v) is 5.82. The normalized spacial score (nSPS) is 17.4. The van der Waals surface area contributed by atoms with Crippen LogP contribution in [0.1, 0.15) is 71.6 Å². The van der Waals surface area contributed by atoms with Gasteiger partial charge < -0.3 is 37.4 Å². The van der Waals surface area contributed by atoms with Crippen molar-refractivity contribution in [2.45, 2.75) is 83.7 Å². The Hall–Kier alpha value is -0.637. The SMILES string of the molecule is CCCCCCCCCC[C@H](N)C(=O)N[C@@H](C)C(=O)N1CCNCCNCCNCC1.O.[Zn+2]. The molecule has 10 heteroatoms. The third kappa shape index (κ3) is 17.5. The standard InChI is InChI=1S/C23H48N6O2.H2O.Zn/c1-3-4-5-6-7-8-9-10-11-21(24)22(30)28-20(2)23(31)29-18-16-26-14-12-25-13-15-27-17-19-29;;/h20-21,25-27H,3-19,24H2,1-2H3,(H,28,30);1H2;/q;;+2/t20-,21-;;/m0../s1. The van der Waals surface area contributed by atoms with Crippen molar-refractivity contribution >= 4 is 11.8 Å². The van der Waals surface area contributed by atoms with Crippen LogP contribution in [0.3, 0.4) is 0 Å². The molecule has 0 saturated carbocycles. The molecule has 2 atom stereocenters. The Morgan fingerprint density at radius 1 is 0.848 bits per heavy atom. The van der Waals surface area contributed by atoms with E-state index in [0.29, 0.717) is 19.5 Å². The summed E-state index contributed by atoms with van der Waals surface area (Å²) in [5.74, 6) is -0.271. The number of hydrogen-bond donors (Lipinski definition) is 5. The maximum Gasteiger partial charge on any atom is 2.00 e. The Kier molecular flexibility index (Phi) is 24.2. The summed E-state index contributed by atoms with van der Waals surface area (Å²) in [6, 6.07) is -1.11. The van der Waals surface area contributed by atoms with Crippen LogP contribution in [0.25, 0.3) is 0 Å². The van der Waals surface area contributed by atoms with Crippen LogP contribution < -0.4 is 27.0 Å². The second-order valence-corrected chi connectivity index (χ2v) is 8.68. The zero-order valence-corrected chi connectivity index (χ0v) is 24.2. The van der Waals surface area contributed by atoms with Gasteiger partial charge in [0.05, 0.1) is 6.04 Å². The van der Waals surface area contributed by atoms with Gasteiger partial charge in [-0.15, -0.1) is 0 Å². The minimum Gasteiger partial charge on any atom is -0.412 e. The first-order chi connectivity index (χ1) is 15.1. The molecule has 0 radical (unpaired) electrons. The molecular formula is C23H50N6O3Zn+2. The maximum absolute atomic E-state index is 12.9. The summed E-state index contributed by atoms with van der Waals surface area (Å²) in [6.45, 7) is 10.3. The number of amides is 2. The molecule has 0 aromatic heterocycles. The predicted molar refractivity (Wildman–Crippen MR) is 132 cm³/mol. The van der Waals surface area contributed by atoms with Crippen molar-refractivity contribution in [3.8, 4) is 0 Å². The van der Waals surface area contributed by atoms with Crippen LogP contribution in [0.5, 0.6) is 0 Å². The molecule has 1 aliphatic rings. The van der Waals surface area contributed by atoms with Crippen molar-refractivity contribution in [1.29, 1.82) is 0 Å². The number of carbonyl (C=O) groups excluding carboxylic acids is 2.